The number of ketones is 1. The van der Waals surface area contributed by atoms with Gasteiger partial charge in [0.1, 0.15) is 0 Å². The molecule has 0 saturated heterocycles. The van der Waals surface area contributed by atoms with Gasteiger partial charge in [-0.05, 0) is 101 Å². The molecule has 0 fully saturated rings. The zero-order valence-corrected chi connectivity index (χ0v) is 35.2. The fourth-order valence-corrected chi connectivity index (χ4v) is 8.38. The Labute approximate surface area is 322 Å². The summed E-state index contributed by atoms with van der Waals surface area (Å²) in [5.74, 6) is 0.547. The van der Waals surface area contributed by atoms with Crippen LogP contribution < -0.4 is 0 Å². The van der Waals surface area contributed by atoms with E-state index < -0.39 is 0 Å². The van der Waals surface area contributed by atoms with Gasteiger partial charge in [-0.25, -0.2) is 0 Å². The van der Waals surface area contributed by atoms with Crippen LogP contribution in [0.2, 0.25) is 0 Å². The number of pyridine rings is 1. The molecule has 0 amide bonds. The van der Waals surface area contributed by atoms with Crippen LogP contribution in [0, 0.1) is 23.3 Å². The summed E-state index contributed by atoms with van der Waals surface area (Å²) in [7, 11) is 0. The second kappa shape index (κ2) is 16.3. The Morgan fingerprint density at radius 3 is 1.84 bits per heavy atom. The van der Waals surface area contributed by atoms with Gasteiger partial charge in [-0.1, -0.05) is 123 Å². The van der Waals surface area contributed by atoms with Crippen LogP contribution in [-0.2, 0) is 61.4 Å². The first kappa shape index (κ1) is 40.7. The molecule has 1 spiro atoms. The minimum Gasteiger partial charge on any atom is -0.512 e. The van der Waals surface area contributed by atoms with E-state index in [4.69, 9.17) is 4.98 Å². The fourth-order valence-electron chi connectivity index (χ4n) is 8.38. The molecule has 2 aliphatic carbocycles. The Morgan fingerprint density at radius 2 is 1.31 bits per heavy atom. The molecule has 3 aromatic carbocycles. The summed E-state index contributed by atoms with van der Waals surface area (Å²) >= 11 is 0. The van der Waals surface area contributed by atoms with Crippen LogP contribution in [0.3, 0.4) is 0 Å². The maximum Gasteiger partial charge on any atom is 0.162 e. The van der Waals surface area contributed by atoms with E-state index in [1.165, 1.54) is 64.8 Å². The number of hydrogen-bond donors (Lipinski definition) is 1. The molecule has 1 aromatic heterocycles. The van der Waals surface area contributed by atoms with Gasteiger partial charge in [0.2, 0.25) is 0 Å². The van der Waals surface area contributed by atoms with E-state index in [9.17, 15) is 9.90 Å². The molecule has 1 radical (unpaired) electrons. The Hall–Kier alpha value is -3.07. The minimum absolute atomic E-state index is 0. The number of aliphatic hydroxyl groups excluding tert-OH is 1. The molecular formula is C47H60IrNO2-. The third-order valence-electron chi connectivity index (χ3n) is 11.4. The van der Waals surface area contributed by atoms with Gasteiger partial charge in [-0.15, -0.1) is 29.1 Å². The summed E-state index contributed by atoms with van der Waals surface area (Å²) in [5.41, 5.74) is 11.5. The first-order chi connectivity index (χ1) is 23.6. The van der Waals surface area contributed by atoms with Gasteiger partial charge >= 0.3 is 0 Å². The number of allylic oxidation sites excluding steroid dienone is 2. The molecule has 4 heteroatoms. The Bertz CT molecular complexity index is 1840. The molecule has 6 rings (SSSR count). The molecule has 0 aliphatic heterocycles. The van der Waals surface area contributed by atoms with Crippen molar-refractivity contribution >= 4 is 16.6 Å². The average molecular weight is 863 g/mol. The monoisotopic (exact) mass is 863 g/mol. The summed E-state index contributed by atoms with van der Waals surface area (Å²) < 4.78 is 0. The van der Waals surface area contributed by atoms with Crippen molar-refractivity contribution in [3.63, 3.8) is 0 Å². The molecule has 1 heterocycles. The van der Waals surface area contributed by atoms with Crippen molar-refractivity contribution < 1.29 is 30.0 Å². The largest absolute Gasteiger partial charge is 0.512 e. The van der Waals surface area contributed by atoms with Crippen LogP contribution in [0.25, 0.3) is 22.0 Å². The molecular weight excluding hydrogens is 803 g/mol. The second-order valence-corrected chi connectivity index (χ2v) is 17.2. The molecule has 0 saturated carbocycles. The smallest absolute Gasteiger partial charge is 0.162 e. The van der Waals surface area contributed by atoms with E-state index in [1.54, 1.807) is 11.1 Å². The number of carbonyl (C=O) groups is 1. The average Bonchev–Trinajstić information content (AvgIpc) is 3.60. The first-order valence-electron chi connectivity index (χ1n) is 19.1. The minimum atomic E-state index is 0. The number of aliphatic hydroxyl groups is 1. The standard InChI is InChI=1S/C34H36N.C13H24O2.Ir/c1-32(2,3)29-16-31(35-21-30(29)33(4,5)6)27-13-9-12-22-14-25-19-34(20-26(25)15-28(22)27)17-23-10-7-8-11-24(23)18-34;1-5-10(6-2)12(14)9-13(15)11(7-3)8-4;/h7-12,14-16,21H,17-20H2,1-6H3;9-11,14H,5-8H2,1-4H3;/q-1;;/b;12-9-;. The van der Waals surface area contributed by atoms with Crippen molar-refractivity contribution in [2.24, 2.45) is 17.3 Å². The van der Waals surface area contributed by atoms with Gasteiger partial charge in [0, 0.05) is 44.2 Å². The molecule has 3 nitrogen and oxygen atoms in total. The van der Waals surface area contributed by atoms with E-state index in [0.717, 1.165) is 36.9 Å². The van der Waals surface area contributed by atoms with Crippen LogP contribution in [-0.4, -0.2) is 15.9 Å². The van der Waals surface area contributed by atoms with Gasteiger partial charge in [0.05, 0.1) is 5.76 Å². The van der Waals surface area contributed by atoms with Gasteiger partial charge in [-0.2, -0.15) is 0 Å². The fraction of sp³-hybridized carbons (Fsp3) is 0.489. The molecule has 51 heavy (non-hydrogen) atoms. The zero-order chi connectivity index (χ0) is 36.4. The van der Waals surface area contributed by atoms with Crippen LogP contribution in [0.4, 0.5) is 0 Å². The number of nitrogens with zero attached hydrogens (tertiary/aromatic N) is 1. The van der Waals surface area contributed by atoms with Crippen LogP contribution >= 0.6 is 0 Å². The third kappa shape index (κ3) is 8.94. The quantitative estimate of drug-likeness (QED) is 0.109. The van der Waals surface area contributed by atoms with Crippen molar-refractivity contribution in [2.45, 2.75) is 131 Å². The predicted octanol–water partition coefficient (Wildman–Crippen LogP) is 12.0. The summed E-state index contributed by atoms with van der Waals surface area (Å²) in [6, 6.07) is 24.2. The Kier molecular flexibility index (Phi) is 13.0. The molecule has 4 aromatic rings. The molecule has 1 N–H and O–H groups in total. The molecule has 275 valence electrons. The summed E-state index contributed by atoms with van der Waals surface area (Å²) in [5, 5.41) is 12.4. The molecule has 2 aliphatic rings. The third-order valence-corrected chi connectivity index (χ3v) is 11.4. The van der Waals surface area contributed by atoms with Gasteiger partial charge < -0.3 is 10.1 Å². The van der Waals surface area contributed by atoms with Crippen molar-refractivity contribution in [1.82, 2.24) is 4.98 Å². The molecule has 0 unspecified atom stereocenters. The van der Waals surface area contributed by atoms with E-state index in [1.807, 2.05) is 27.7 Å². The van der Waals surface area contributed by atoms with Crippen molar-refractivity contribution in [3.8, 4) is 11.3 Å². The second-order valence-electron chi connectivity index (χ2n) is 17.2. The van der Waals surface area contributed by atoms with Crippen LogP contribution in [0.15, 0.2) is 72.6 Å². The maximum atomic E-state index is 11.7. The SMILES string of the molecule is CC(C)(C)c1cnc(-c2[c-]ccc3cc4c(cc23)CC2(Cc3ccccc3C2)C4)cc1C(C)(C)C.CCC(CC)C(=O)/C=C(\O)C(CC)CC.[Ir]. The number of carbonyl (C=O) groups excluding carboxylic acids is 1. The van der Waals surface area contributed by atoms with E-state index in [0.29, 0.717) is 5.41 Å². The van der Waals surface area contributed by atoms with Gasteiger partial charge in [0.15, 0.2) is 5.78 Å². The number of hydrogen-bond acceptors (Lipinski definition) is 3. The Balaban J connectivity index is 0.000000312. The van der Waals surface area contributed by atoms with Gasteiger partial charge in [-0.3, -0.25) is 4.79 Å². The normalized spacial score (nSPS) is 15.1. The predicted molar refractivity (Wildman–Crippen MR) is 211 cm³/mol. The van der Waals surface area contributed by atoms with E-state index >= 15 is 0 Å². The Morgan fingerprint density at radius 1 is 0.784 bits per heavy atom. The molecule has 0 atom stereocenters. The van der Waals surface area contributed by atoms with Gasteiger partial charge in [0.25, 0.3) is 0 Å². The number of rotatable bonds is 8. The van der Waals surface area contributed by atoms with Crippen molar-refractivity contribution in [2.75, 3.05) is 0 Å². The van der Waals surface area contributed by atoms with Crippen molar-refractivity contribution in [1.29, 1.82) is 0 Å². The van der Waals surface area contributed by atoms with E-state index in [2.05, 4.69) is 108 Å². The van der Waals surface area contributed by atoms with Crippen LogP contribution in [0.5, 0.6) is 0 Å². The zero-order valence-electron chi connectivity index (χ0n) is 32.8. The van der Waals surface area contributed by atoms with Crippen molar-refractivity contribution in [3.05, 3.63) is 112 Å². The summed E-state index contributed by atoms with van der Waals surface area (Å²) in [6.07, 6.45) is 11.8. The number of fused-ring (bicyclic) bond motifs is 3. The number of benzene rings is 3. The maximum absolute atomic E-state index is 11.7. The topological polar surface area (TPSA) is 50.2 Å². The van der Waals surface area contributed by atoms with E-state index in [-0.39, 0.29) is 54.3 Å². The summed E-state index contributed by atoms with van der Waals surface area (Å²) in [6.45, 7) is 21.8. The van der Waals surface area contributed by atoms with Crippen LogP contribution in [0.1, 0.15) is 128 Å². The molecule has 0 bridgehead atoms. The summed E-state index contributed by atoms with van der Waals surface area (Å²) in [4.78, 5) is 16.7. The first-order valence-corrected chi connectivity index (χ1v) is 19.1. The number of aromatic nitrogens is 1.